The molecule has 4 aromatic carbocycles. The number of ether oxygens (including phenoxy) is 5. The van der Waals surface area contributed by atoms with Gasteiger partial charge in [-0.25, -0.2) is 33.9 Å². The molecule has 406 valence electrons. The van der Waals surface area contributed by atoms with Gasteiger partial charge in [0.2, 0.25) is 12.0 Å². The van der Waals surface area contributed by atoms with Crippen LogP contribution < -0.4 is 14.2 Å². The number of aromatic nitrogens is 4. The first kappa shape index (κ1) is 56.7. The third-order valence-electron chi connectivity index (χ3n) is 12.4. The molecule has 1 saturated heterocycles. The van der Waals surface area contributed by atoms with Gasteiger partial charge >= 0.3 is 19.7 Å². The van der Waals surface area contributed by atoms with Gasteiger partial charge in [0.05, 0.1) is 42.1 Å². The lowest BCUT2D eigenvalue weighted by molar-refractivity contribution is -0.151. The summed E-state index contributed by atoms with van der Waals surface area (Å²) in [7, 11) is -3.28. The molecule has 0 radical (unpaired) electrons. The number of nitrogens with zero attached hydrogens (tertiary/aromatic N) is 6. The largest absolute Gasteiger partial charge is 0.491 e. The van der Waals surface area contributed by atoms with Crippen molar-refractivity contribution in [2.24, 2.45) is 0 Å². The van der Waals surface area contributed by atoms with Crippen molar-refractivity contribution in [3.8, 4) is 50.3 Å². The van der Waals surface area contributed by atoms with Crippen LogP contribution in [0.1, 0.15) is 63.9 Å². The second-order valence-corrected chi connectivity index (χ2v) is 22.4. The van der Waals surface area contributed by atoms with Gasteiger partial charge in [-0.15, -0.1) is 11.3 Å². The van der Waals surface area contributed by atoms with Gasteiger partial charge in [0, 0.05) is 61.3 Å². The summed E-state index contributed by atoms with van der Waals surface area (Å²) >= 11 is 8.53. The summed E-state index contributed by atoms with van der Waals surface area (Å²) in [5.41, 5.74) is 5.11. The second kappa shape index (κ2) is 25.7. The third kappa shape index (κ3) is 14.5. The Balaban J connectivity index is 1.02. The summed E-state index contributed by atoms with van der Waals surface area (Å²) < 4.78 is 69.0. The molecule has 16 nitrogen and oxygen atoms in total. The average molecular weight is 1110 g/mol. The molecule has 0 aliphatic carbocycles. The van der Waals surface area contributed by atoms with Crippen LogP contribution in [0.5, 0.6) is 17.4 Å². The monoisotopic (exact) mass is 1110 g/mol. The van der Waals surface area contributed by atoms with Gasteiger partial charge in [-0.2, -0.15) is 0 Å². The van der Waals surface area contributed by atoms with Crippen molar-refractivity contribution < 1.29 is 51.3 Å². The van der Waals surface area contributed by atoms with Crippen LogP contribution in [0.3, 0.4) is 0 Å². The van der Waals surface area contributed by atoms with Crippen molar-refractivity contribution in [1.82, 2.24) is 29.7 Å². The van der Waals surface area contributed by atoms with E-state index in [-0.39, 0.29) is 56.8 Å². The maximum atomic E-state index is 14.4. The first-order valence-corrected chi connectivity index (χ1v) is 28.5. The maximum Gasteiger partial charge on any atom is 0.410 e. The van der Waals surface area contributed by atoms with E-state index in [9.17, 15) is 18.5 Å². The second-order valence-electron chi connectivity index (χ2n) is 19.0. The molecule has 7 aromatic rings. The summed E-state index contributed by atoms with van der Waals surface area (Å²) in [6, 6.07) is 26.5. The summed E-state index contributed by atoms with van der Waals surface area (Å²) in [6.45, 7) is 16.9. The highest BCUT2D eigenvalue weighted by atomic mass is 35.5. The number of benzene rings is 4. The van der Waals surface area contributed by atoms with E-state index < -0.39 is 25.3 Å². The molecule has 3 aromatic heterocycles. The fourth-order valence-corrected chi connectivity index (χ4v) is 11.8. The van der Waals surface area contributed by atoms with E-state index in [1.54, 1.807) is 50.1 Å². The minimum Gasteiger partial charge on any atom is -0.491 e. The number of para-hydroxylation sites is 1. The number of amides is 1. The first-order valence-electron chi connectivity index (χ1n) is 25.5. The van der Waals surface area contributed by atoms with Gasteiger partial charge in [0.1, 0.15) is 47.3 Å². The van der Waals surface area contributed by atoms with Crippen molar-refractivity contribution in [1.29, 1.82) is 0 Å². The van der Waals surface area contributed by atoms with Crippen LogP contribution in [-0.4, -0.2) is 113 Å². The van der Waals surface area contributed by atoms with E-state index in [2.05, 4.69) is 19.9 Å². The number of carbonyl (C=O) groups is 2. The molecule has 1 aliphatic heterocycles. The number of hydrogen-bond acceptors (Lipinski definition) is 16. The molecule has 0 bridgehead atoms. The predicted octanol–water partition coefficient (Wildman–Crippen LogP) is 12.4. The van der Waals surface area contributed by atoms with Crippen molar-refractivity contribution in [3.05, 3.63) is 137 Å². The van der Waals surface area contributed by atoms with Crippen molar-refractivity contribution in [3.63, 3.8) is 0 Å². The molecule has 8 rings (SSSR count). The smallest absolute Gasteiger partial charge is 0.410 e. The summed E-state index contributed by atoms with van der Waals surface area (Å²) in [4.78, 5) is 50.4. The minimum atomic E-state index is -3.28. The molecular weight excluding hydrogens is 1050 g/mol. The topological polar surface area (TPSA) is 174 Å². The molecule has 4 heterocycles. The normalized spacial score (nSPS) is 13.6. The zero-order valence-electron chi connectivity index (χ0n) is 44.3. The van der Waals surface area contributed by atoms with Crippen LogP contribution in [-0.2, 0) is 47.1 Å². The number of piperazine rings is 1. The molecule has 1 aliphatic rings. The Labute approximate surface area is 457 Å². The predicted molar refractivity (Wildman–Crippen MR) is 295 cm³/mol. The number of esters is 1. The van der Waals surface area contributed by atoms with Gasteiger partial charge < -0.3 is 37.6 Å². The van der Waals surface area contributed by atoms with E-state index in [0.29, 0.717) is 94.3 Å². The zero-order chi connectivity index (χ0) is 54.7. The molecule has 1 fully saturated rings. The number of carbonyl (C=O) groups excluding carboxylic acids is 2. The molecule has 1 atom stereocenters. The molecule has 1 unspecified atom stereocenters. The van der Waals surface area contributed by atoms with Crippen LogP contribution >= 0.6 is 30.5 Å². The fraction of sp³-hybridized carbons (Fsp3) is 0.368. The molecule has 0 N–H and O–H groups in total. The van der Waals surface area contributed by atoms with Gasteiger partial charge in [-0.1, -0.05) is 72.3 Å². The SMILES string of the molecule is CCOC(=O)C(Cc1ccccc1OCc1ccnc(-c2ccc(CP(=O)(OCC)OCC)cc2)n1)Oc1ncnc2sc(-c3ccc(F)cc3)c(-c3ccc(OCCN4CCN(C(=O)OC(C)(C)C)CC4)c(Cl)c3C)c12. The Morgan fingerprint density at radius 3 is 2.25 bits per heavy atom. The van der Waals surface area contributed by atoms with Gasteiger partial charge in [-0.05, 0) is 107 Å². The van der Waals surface area contributed by atoms with Crippen LogP contribution in [0.25, 0.3) is 43.2 Å². The zero-order valence-corrected chi connectivity index (χ0v) is 46.7. The van der Waals surface area contributed by atoms with Crippen molar-refractivity contribution in [2.75, 3.05) is 59.2 Å². The Bertz CT molecular complexity index is 3200. The summed E-state index contributed by atoms with van der Waals surface area (Å²) in [5, 5.41) is 0.929. The molecule has 0 saturated carbocycles. The number of fused-ring (bicyclic) bond motifs is 1. The summed E-state index contributed by atoms with van der Waals surface area (Å²) in [5.74, 6) is 0.610. The lowest BCUT2D eigenvalue weighted by Gasteiger charge is -2.35. The molecule has 1 amide bonds. The van der Waals surface area contributed by atoms with Crippen LogP contribution in [0.2, 0.25) is 5.02 Å². The van der Waals surface area contributed by atoms with Gasteiger partial charge in [0.15, 0.2) is 5.82 Å². The van der Waals surface area contributed by atoms with E-state index in [4.69, 9.17) is 49.3 Å². The highest BCUT2D eigenvalue weighted by Gasteiger charge is 2.31. The number of thiophene rings is 1. The number of rotatable bonds is 22. The van der Waals surface area contributed by atoms with E-state index in [1.165, 1.54) is 29.8 Å². The van der Waals surface area contributed by atoms with E-state index in [1.807, 2.05) is 88.4 Å². The van der Waals surface area contributed by atoms with E-state index >= 15 is 0 Å². The van der Waals surface area contributed by atoms with Crippen molar-refractivity contribution in [2.45, 2.75) is 79.4 Å². The Hall–Kier alpha value is -6.53. The van der Waals surface area contributed by atoms with Gasteiger partial charge in [0.25, 0.3) is 0 Å². The number of halogens is 2. The molecular formula is C57H63ClFN6O10PS. The lowest BCUT2D eigenvalue weighted by atomic mass is 9.96. The number of hydrogen-bond donors (Lipinski definition) is 0. The first-order chi connectivity index (χ1) is 37.0. The minimum absolute atomic E-state index is 0.0437. The summed E-state index contributed by atoms with van der Waals surface area (Å²) in [6.07, 6.45) is 1.73. The molecule has 20 heteroatoms. The van der Waals surface area contributed by atoms with Crippen LogP contribution in [0.15, 0.2) is 104 Å². The Kier molecular flexibility index (Phi) is 18.9. The van der Waals surface area contributed by atoms with E-state index in [0.717, 1.165) is 27.1 Å². The van der Waals surface area contributed by atoms with Gasteiger partial charge in [-0.3, -0.25) is 9.46 Å². The average Bonchev–Trinajstić information content (AvgIpc) is 3.94. The molecule has 0 spiro atoms. The Morgan fingerprint density at radius 1 is 0.831 bits per heavy atom. The van der Waals surface area contributed by atoms with Crippen molar-refractivity contribution >= 4 is 52.8 Å². The fourth-order valence-electron chi connectivity index (χ4n) is 8.69. The quantitative estimate of drug-likeness (QED) is 0.0463. The van der Waals surface area contributed by atoms with Crippen LogP contribution in [0, 0.1) is 12.7 Å². The van der Waals surface area contributed by atoms with Crippen LogP contribution in [0.4, 0.5) is 9.18 Å². The Morgan fingerprint density at radius 2 is 1.55 bits per heavy atom. The standard InChI is InChI=1S/C57H63ClFN6O10PS/c1-8-69-55(66)47(33-41-13-11-12-14-45(41)71-34-43-25-26-60-52(63-43)40-17-15-38(16-18-40)35-76(68,72-9-2)73-10-3)74-53-49-48(51(77-54(49)62-36-61-53)39-19-21-42(59)22-20-39)44-23-24-46(50(58)37(44)4)70-32-31-64-27-29-65(30-28-64)56(67)75-57(5,6)7/h11-26,36,47H,8-10,27-35H2,1-7H3. The third-order valence-corrected chi connectivity index (χ3v) is 16.1. The highest BCUT2D eigenvalue weighted by Crippen LogP contribution is 2.52. The highest BCUT2D eigenvalue weighted by molar-refractivity contribution is 7.53. The lowest BCUT2D eigenvalue weighted by Crippen LogP contribution is -2.50. The maximum absolute atomic E-state index is 14.4. The molecule has 77 heavy (non-hydrogen) atoms.